The molecule has 3 aromatic carbocycles. The molecule has 1 aromatic heterocycles. The monoisotopic (exact) mass is 481 g/mol. The Morgan fingerprint density at radius 2 is 1.79 bits per heavy atom. The molecule has 4 aromatic rings. The molecule has 7 nitrogen and oxygen atoms in total. The van der Waals surface area contributed by atoms with Crippen LogP contribution in [0.4, 0.5) is 11.4 Å². The molecule has 0 radical (unpaired) electrons. The van der Waals surface area contributed by atoms with Crippen molar-refractivity contribution in [3.63, 3.8) is 0 Å². The van der Waals surface area contributed by atoms with E-state index in [1.807, 2.05) is 0 Å². The fourth-order valence-electron chi connectivity index (χ4n) is 3.53. The van der Waals surface area contributed by atoms with E-state index in [0.717, 1.165) is 0 Å². The highest BCUT2D eigenvalue weighted by Gasteiger charge is 2.22. The van der Waals surface area contributed by atoms with Gasteiger partial charge in [-0.25, -0.2) is 8.42 Å². The standard InChI is InChI=1S/C24H20ClN3O4S/c1-14-10-19(33(30,31)18-8-6-17(32-2)7-9-18)12-20-22(14)27-13-21(24(26)29)23(20)28-16-5-3-4-15(25)11-16/h3-13H,1-2H3,(H2,26,29)(H,27,28). The van der Waals surface area contributed by atoms with Gasteiger partial charge in [0, 0.05) is 22.3 Å². The molecule has 0 aliphatic heterocycles. The van der Waals surface area contributed by atoms with E-state index in [0.29, 0.717) is 38.6 Å². The number of carbonyl (C=O) groups excluding carboxylic acids is 1. The Labute approximate surface area is 196 Å². The number of sulfone groups is 1. The van der Waals surface area contributed by atoms with Gasteiger partial charge in [-0.05, 0) is 67.1 Å². The van der Waals surface area contributed by atoms with E-state index < -0.39 is 15.7 Å². The third-order valence-electron chi connectivity index (χ3n) is 5.17. The van der Waals surface area contributed by atoms with Crippen LogP contribution in [0.5, 0.6) is 5.75 Å². The lowest BCUT2D eigenvalue weighted by atomic mass is 10.1. The van der Waals surface area contributed by atoms with Crippen molar-refractivity contribution in [2.75, 3.05) is 12.4 Å². The van der Waals surface area contributed by atoms with E-state index in [2.05, 4.69) is 10.3 Å². The highest BCUT2D eigenvalue weighted by atomic mass is 35.5. The smallest absolute Gasteiger partial charge is 0.252 e. The van der Waals surface area contributed by atoms with Crippen molar-refractivity contribution in [1.29, 1.82) is 0 Å². The van der Waals surface area contributed by atoms with Crippen molar-refractivity contribution in [3.8, 4) is 5.75 Å². The normalized spacial score (nSPS) is 11.4. The van der Waals surface area contributed by atoms with Crippen molar-refractivity contribution in [1.82, 2.24) is 4.98 Å². The molecule has 0 spiro atoms. The second-order valence-corrected chi connectivity index (χ2v) is 9.75. The molecule has 1 amide bonds. The van der Waals surface area contributed by atoms with Crippen LogP contribution in [-0.2, 0) is 9.84 Å². The molecule has 4 rings (SSSR count). The van der Waals surface area contributed by atoms with Gasteiger partial charge in [0.1, 0.15) is 5.75 Å². The number of halogens is 1. The number of nitrogens with zero attached hydrogens (tertiary/aromatic N) is 1. The number of nitrogens with one attached hydrogen (secondary N) is 1. The molecule has 0 aliphatic carbocycles. The molecule has 0 aliphatic rings. The second kappa shape index (κ2) is 8.73. The predicted molar refractivity (Wildman–Crippen MR) is 128 cm³/mol. The van der Waals surface area contributed by atoms with Crippen LogP contribution < -0.4 is 15.8 Å². The highest BCUT2D eigenvalue weighted by molar-refractivity contribution is 7.91. The van der Waals surface area contributed by atoms with Crippen molar-refractivity contribution < 1.29 is 17.9 Å². The summed E-state index contributed by atoms with van der Waals surface area (Å²) in [5.41, 5.74) is 7.85. The number of methoxy groups -OCH3 is 1. The summed E-state index contributed by atoms with van der Waals surface area (Å²) in [5.74, 6) is -0.151. The molecular formula is C24H20ClN3O4S. The first-order valence-electron chi connectivity index (χ1n) is 9.85. The zero-order valence-corrected chi connectivity index (χ0v) is 19.4. The Bertz CT molecular complexity index is 1490. The maximum Gasteiger partial charge on any atom is 0.252 e. The van der Waals surface area contributed by atoms with Gasteiger partial charge in [0.05, 0.1) is 33.7 Å². The van der Waals surface area contributed by atoms with E-state index in [1.165, 1.54) is 31.5 Å². The summed E-state index contributed by atoms with van der Waals surface area (Å²) < 4.78 is 31.9. The Balaban J connectivity index is 1.94. The summed E-state index contributed by atoms with van der Waals surface area (Å²) in [6.45, 7) is 1.76. The van der Waals surface area contributed by atoms with Gasteiger partial charge in [0.15, 0.2) is 0 Å². The average Bonchev–Trinajstić information content (AvgIpc) is 2.79. The third-order valence-corrected chi connectivity index (χ3v) is 7.16. The van der Waals surface area contributed by atoms with Crippen LogP contribution in [0.15, 0.2) is 76.7 Å². The number of hydrogen-bond donors (Lipinski definition) is 2. The van der Waals surface area contributed by atoms with Gasteiger partial charge < -0.3 is 15.8 Å². The number of benzene rings is 3. The average molecular weight is 482 g/mol. The number of amides is 1. The van der Waals surface area contributed by atoms with Crippen LogP contribution in [0.2, 0.25) is 5.02 Å². The SMILES string of the molecule is COc1ccc(S(=O)(=O)c2cc(C)c3ncc(C(N)=O)c(Nc4cccc(Cl)c4)c3c2)cc1. The largest absolute Gasteiger partial charge is 0.497 e. The molecule has 33 heavy (non-hydrogen) atoms. The Kier molecular flexibility index (Phi) is 5.97. The lowest BCUT2D eigenvalue weighted by Gasteiger charge is -2.16. The molecule has 0 bridgehead atoms. The summed E-state index contributed by atoms with van der Waals surface area (Å²) in [6.07, 6.45) is 1.38. The third kappa shape index (κ3) is 4.35. The molecule has 0 saturated carbocycles. The minimum Gasteiger partial charge on any atom is -0.497 e. The summed E-state index contributed by atoms with van der Waals surface area (Å²) in [4.78, 5) is 16.7. The van der Waals surface area contributed by atoms with Crippen molar-refractivity contribution >= 4 is 49.6 Å². The molecule has 0 atom stereocenters. The summed E-state index contributed by atoms with van der Waals surface area (Å²) in [6, 6.07) is 16.1. The number of hydrogen-bond acceptors (Lipinski definition) is 6. The summed E-state index contributed by atoms with van der Waals surface area (Å²) in [7, 11) is -2.35. The van der Waals surface area contributed by atoms with Crippen molar-refractivity contribution in [2.45, 2.75) is 16.7 Å². The first-order valence-corrected chi connectivity index (χ1v) is 11.7. The van der Waals surface area contributed by atoms with E-state index >= 15 is 0 Å². The van der Waals surface area contributed by atoms with Gasteiger partial charge in [-0.1, -0.05) is 17.7 Å². The molecule has 3 N–H and O–H groups in total. The van der Waals surface area contributed by atoms with Crippen LogP contribution in [0, 0.1) is 6.92 Å². The molecule has 0 saturated heterocycles. The van der Waals surface area contributed by atoms with Gasteiger partial charge in [-0.15, -0.1) is 0 Å². The molecular weight excluding hydrogens is 462 g/mol. The molecule has 9 heteroatoms. The van der Waals surface area contributed by atoms with E-state index in [9.17, 15) is 13.2 Å². The molecule has 0 fully saturated rings. The summed E-state index contributed by atoms with van der Waals surface area (Å²) >= 11 is 6.10. The first-order chi connectivity index (χ1) is 15.7. The van der Waals surface area contributed by atoms with Gasteiger partial charge in [-0.3, -0.25) is 9.78 Å². The van der Waals surface area contributed by atoms with Gasteiger partial charge in [0.2, 0.25) is 9.84 Å². The second-order valence-electron chi connectivity index (χ2n) is 7.36. The van der Waals surface area contributed by atoms with Crippen molar-refractivity contribution in [3.05, 3.63) is 83.0 Å². The number of anilines is 2. The Morgan fingerprint density at radius 1 is 1.06 bits per heavy atom. The molecule has 168 valence electrons. The number of fused-ring (bicyclic) bond motifs is 1. The predicted octanol–water partition coefficient (Wildman–Crippen LogP) is 4.88. The van der Waals surface area contributed by atoms with Gasteiger partial charge >= 0.3 is 0 Å². The van der Waals surface area contributed by atoms with Crippen LogP contribution in [0.1, 0.15) is 15.9 Å². The number of pyridine rings is 1. The van der Waals surface area contributed by atoms with Gasteiger partial charge in [0.25, 0.3) is 5.91 Å². The van der Waals surface area contributed by atoms with Gasteiger partial charge in [-0.2, -0.15) is 0 Å². The Hall–Kier alpha value is -3.62. The zero-order valence-electron chi connectivity index (χ0n) is 17.8. The number of ether oxygens (including phenoxy) is 1. The van der Waals surface area contributed by atoms with Crippen LogP contribution in [0.25, 0.3) is 10.9 Å². The minimum absolute atomic E-state index is 0.0650. The maximum absolute atomic E-state index is 13.4. The first kappa shape index (κ1) is 22.6. The number of rotatable bonds is 6. The lowest BCUT2D eigenvalue weighted by molar-refractivity contribution is 0.100. The van der Waals surface area contributed by atoms with Crippen LogP contribution >= 0.6 is 11.6 Å². The molecule has 0 unspecified atom stereocenters. The summed E-state index contributed by atoms with van der Waals surface area (Å²) in [5, 5.41) is 4.10. The zero-order chi connectivity index (χ0) is 23.8. The Morgan fingerprint density at radius 3 is 2.42 bits per heavy atom. The van der Waals surface area contributed by atoms with Crippen molar-refractivity contribution in [2.24, 2.45) is 5.73 Å². The number of aromatic nitrogens is 1. The quantitative estimate of drug-likeness (QED) is 0.406. The minimum atomic E-state index is -3.86. The topological polar surface area (TPSA) is 111 Å². The van der Waals surface area contributed by atoms with E-state index in [-0.39, 0.29) is 15.4 Å². The number of nitrogens with two attached hydrogens (primary N) is 1. The fraction of sp³-hybridized carbons (Fsp3) is 0.0833. The number of carbonyl (C=O) groups is 1. The molecule has 1 heterocycles. The number of primary amides is 1. The fourth-order valence-corrected chi connectivity index (χ4v) is 5.09. The van der Waals surface area contributed by atoms with E-state index in [4.69, 9.17) is 22.1 Å². The van der Waals surface area contributed by atoms with E-state index in [1.54, 1.807) is 49.4 Å². The maximum atomic E-state index is 13.4. The van der Waals surface area contributed by atoms with Crippen LogP contribution in [0.3, 0.4) is 0 Å². The lowest BCUT2D eigenvalue weighted by Crippen LogP contribution is -2.14. The number of aryl methyl sites for hydroxylation is 1. The highest BCUT2D eigenvalue weighted by Crippen LogP contribution is 2.34. The van der Waals surface area contributed by atoms with Crippen LogP contribution in [-0.4, -0.2) is 26.4 Å².